The Morgan fingerprint density at radius 3 is 1.98 bits per heavy atom. The Kier molecular flexibility index (Phi) is 7.35. The molecule has 5 rings (SSSR count). The van der Waals surface area contributed by atoms with Gasteiger partial charge < -0.3 is 10.8 Å². The number of nitrogens with two attached hydrogens (primary N) is 1. The van der Waals surface area contributed by atoms with E-state index in [4.69, 9.17) is 10.8 Å². The number of anilines is 3. The van der Waals surface area contributed by atoms with Gasteiger partial charge in [-0.1, -0.05) is 30.3 Å². The molecule has 0 bridgehead atoms. The van der Waals surface area contributed by atoms with E-state index in [9.17, 15) is 27.4 Å². The summed E-state index contributed by atoms with van der Waals surface area (Å²) in [6.45, 7) is 0. The summed E-state index contributed by atoms with van der Waals surface area (Å²) in [5, 5.41) is 17.2. The first kappa shape index (κ1) is 27.9. The first-order chi connectivity index (χ1) is 20.0. The van der Waals surface area contributed by atoms with Crippen LogP contribution in [0.1, 0.15) is 15.9 Å². The van der Waals surface area contributed by atoms with E-state index in [2.05, 4.69) is 21.1 Å². The van der Waals surface area contributed by atoms with Gasteiger partial charge in [0.1, 0.15) is 10.5 Å². The second kappa shape index (κ2) is 11.1. The van der Waals surface area contributed by atoms with Crippen molar-refractivity contribution in [1.29, 1.82) is 0 Å². The van der Waals surface area contributed by atoms with Gasteiger partial charge in [-0.2, -0.15) is 18.6 Å². The van der Waals surface area contributed by atoms with Gasteiger partial charge in [-0.15, -0.1) is 0 Å². The lowest BCUT2D eigenvalue weighted by Crippen LogP contribution is -2.27. The number of fused-ring (bicyclic) bond motifs is 1. The zero-order chi connectivity index (χ0) is 30.0. The van der Waals surface area contributed by atoms with Gasteiger partial charge in [-0.05, 0) is 77.4 Å². The Morgan fingerprint density at radius 2 is 1.40 bits per heavy atom. The van der Waals surface area contributed by atoms with E-state index < -0.39 is 38.3 Å². The number of allylic oxidation sites excluding steroid dienone is 4. The SMILES string of the molecule is Nc1ccc2c(c1)C(=O)/C(=N/Nc1ccc(-c3ccc(N/N=C4/C=CC(=O)C(C(=O)O)=C4)cc3)cc1)C(S(=O)(=O)O)=C2. The third kappa shape index (κ3) is 5.91. The van der Waals surface area contributed by atoms with E-state index in [1.165, 1.54) is 30.4 Å². The number of nitrogens with one attached hydrogen (secondary N) is 2. The van der Waals surface area contributed by atoms with Gasteiger partial charge in [0, 0.05) is 11.3 Å². The van der Waals surface area contributed by atoms with Crippen molar-refractivity contribution in [2.75, 3.05) is 16.6 Å². The lowest BCUT2D eigenvalue weighted by Gasteiger charge is -2.16. The van der Waals surface area contributed by atoms with Crippen LogP contribution >= 0.6 is 0 Å². The number of carboxylic acid groups (broad SMARTS) is 1. The Balaban J connectivity index is 1.30. The molecule has 2 aliphatic carbocycles. The number of ketones is 2. The fourth-order valence-corrected chi connectivity index (χ4v) is 4.79. The number of carbonyl (C=O) groups is 3. The molecule has 0 unspecified atom stereocenters. The van der Waals surface area contributed by atoms with Crippen LogP contribution in [0, 0.1) is 0 Å². The monoisotopic (exact) mass is 583 g/mol. The molecule has 0 heterocycles. The molecule has 42 heavy (non-hydrogen) atoms. The van der Waals surface area contributed by atoms with Crippen molar-refractivity contribution >= 4 is 62.2 Å². The Hall–Kier alpha value is -5.66. The van der Waals surface area contributed by atoms with Gasteiger partial charge in [0.05, 0.1) is 17.1 Å². The van der Waals surface area contributed by atoms with Crippen molar-refractivity contribution in [2.24, 2.45) is 10.2 Å². The molecule has 3 aromatic carbocycles. The van der Waals surface area contributed by atoms with E-state index in [1.807, 2.05) is 12.1 Å². The van der Waals surface area contributed by atoms with Gasteiger partial charge in [-0.25, -0.2) is 4.79 Å². The number of Topliss-reactive ketones (excluding diaryl/α,β-unsaturated/α-hetero) is 1. The van der Waals surface area contributed by atoms with Crippen LogP contribution < -0.4 is 16.6 Å². The lowest BCUT2D eigenvalue weighted by atomic mass is 9.94. The van der Waals surface area contributed by atoms with Gasteiger partial charge >= 0.3 is 5.97 Å². The van der Waals surface area contributed by atoms with Crippen LogP contribution in [-0.2, 0) is 19.7 Å². The molecule has 0 aliphatic heterocycles. The maximum atomic E-state index is 13.0. The van der Waals surface area contributed by atoms with Crippen LogP contribution in [0.15, 0.2) is 106 Å². The summed E-state index contributed by atoms with van der Waals surface area (Å²) in [6.07, 6.45) is 4.90. The number of benzene rings is 3. The summed E-state index contributed by atoms with van der Waals surface area (Å²) in [6, 6.07) is 18.5. The summed E-state index contributed by atoms with van der Waals surface area (Å²) in [7, 11) is -4.75. The number of nitrogen functional groups attached to an aromatic ring is 1. The first-order valence-corrected chi connectivity index (χ1v) is 13.6. The normalized spacial score (nSPS) is 16.6. The molecule has 6 N–H and O–H groups in total. The Labute approximate surface area is 239 Å². The quantitative estimate of drug-likeness (QED) is 0.0897. The van der Waals surface area contributed by atoms with Crippen molar-refractivity contribution in [3.63, 3.8) is 0 Å². The van der Waals surface area contributed by atoms with E-state index in [0.717, 1.165) is 23.3 Å². The van der Waals surface area contributed by atoms with E-state index in [1.54, 1.807) is 36.4 Å². The lowest BCUT2D eigenvalue weighted by molar-refractivity contribution is -0.134. The molecule has 13 heteroatoms. The third-order valence-electron chi connectivity index (χ3n) is 6.24. The van der Waals surface area contributed by atoms with Crippen LogP contribution in [0.5, 0.6) is 0 Å². The summed E-state index contributed by atoms with van der Waals surface area (Å²) in [5.74, 6) is -2.63. The molecule has 2 aliphatic rings. The van der Waals surface area contributed by atoms with Crippen molar-refractivity contribution in [1.82, 2.24) is 0 Å². The fraction of sp³-hybridized carbons (Fsp3) is 0. The number of carbonyl (C=O) groups excluding carboxylic acids is 2. The van der Waals surface area contributed by atoms with Gasteiger partial charge in [0.25, 0.3) is 10.1 Å². The van der Waals surface area contributed by atoms with Crippen molar-refractivity contribution < 1.29 is 32.5 Å². The van der Waals surface area contributed by atoms with E-state index >= 15 is 0 Å². The van der Waals surface area contributed by atoms with E-state index in [0.29, 0.717) is 22.6 Å². The van der Waals surface area contributed by atoms with E-state index in [-0.39, 0.29) is 16.8 Å². The van der Waals surface area contributed by atoms with Gasteiger partial charge in [0.2, 0.25) is 5.78 Å². The minimum absolute atomic E-state index is 0.161. The molecule has 0 aromatic heterocycles. The summed E-state index contributed by atoms with van der Waals surface area (Å²) >= 11 is 0. The molecule has 0 amide bonds. The molecular weight excluding hydrogens is 562 g/mol. The predicted octanol–water partition coefficient (Wildman–Crippen LogP) is 3.75. The number of hydrazone groups is 2. The molecular formula is C29H21N5O7S. The fourth-order valence-electron chi connectivity index (χ4n) is 4.13. The minimum atomic E-state index is -4.75. The molecule has 0 spiro atoms. The standard InChI is InChI=1S/C29H21N5O7S/c30-19-6-1-18-13-26(42(39,40)41)27(28(36)23(18)14-19)34-32-21-9-4-17(5-10-21)16-2-7-20(8-3-16)31-33-22-11-12-25(35)24(15-22)29(37)38/h1-15,31-32H,30H2,(H,37,38)(H,39,40,41)/b33-22-,34-27+. The van der Waals surface area contributed by atoms with Gasteiger partial charge in [-0.3, -0.25) is 25.0 Å². The highest BCUT2D eigenvalue weighted by Crippen LogP contribution is 2.28. The maximum absolute atomic E-state index is 13.0. The second-order valence-electron chi connectivity index (χ2n) is 9.10. The van der Waals surface area contributed by atoms with Gasteiger partial charge in [0.15, 0.2) is 11.5 Å². The highest BCUT2D eigenvalue weighted by molar-refractivity contribution is 7.91. The van der Waals surface area contributed by atoms with Crippen molar-refractivity contribution in [3.05, 3.63) is 107 Å². The third-order valence-corrected chi connectivity index (χ3v) is 7.11. The number of carboxylic acids is 1. The average molecular weight is 584 g/mol. The summed E-state index contributed by atoms with van der Waals surface area (Å²) in [4.78, 5) is 35.1. The molecule has 0 saturated heterocycles. The van der Waals surface area contributed by atoms with Crippen LogP contribution in [0.4, 0.5) is 17.1 Å². The molecule has 0 saturated carbocycles. The number of nitrogens with zero attached hydrogens (tertiary/aromatic N) is 2. The van der Waals surface area contributed by atoms with Crippen LogP contribution in [-0.4, -0.2) is 47.0 Å². The second-order valence-corrected chi connectivity index (χ2v) is 10.5. The highest BCUT2D eigenvalue weighted by atomic mass is 32.2. The number of rotatable bonds is 7. The van der Waals surface area contributed by atoms with Crippen LogP contribution in [0.2, 0.25) is 0 Å². The van der Waals surface area contributed by atoms with Crippen molar-refractivity contribution in [2.45, 2.75) is 0 Å². The summed E-state index contributed by atoms with van der Waals surface area (Å²) < 4.78 is 33.7. The first-order valence-electron chi connectivity index (χ1n) is 12.2. The number of hydrogen-bond acceptors (Lipinski definition) is 10. The molecule has 210 valence electrons. The smallest absolute Gasteiger partial charge is 0.339 e. The molecule has 0 fully saturated rings. The number of hydrogen-bond donors (Lipinski definition) is 5. The molecule has 12 nitrogen and oxygen atoms in total. The molecule has 0 atom stereocenters. The van der Waals surface area contributed by atoms with Crippen molar-refractivity contribution in [3.8, 4) is 11.1 Å². The molecule has 3 aromatic rings. The van der Waals surface area contributed by atoms with Crippen LogP contribution in [0.3, 0.4) is 0 Å². The minimum Gasteiger partial charge on any atom is -0.478 e. The maximum Gasteiger partial charge on any atom is 0.339 e. The zero-order valence-electron chi connectivity index (χ0n) is 21.5. The van der Waals surface area contributed by atoms with Crippen LogP contribution in [0.25, 0.3) is 17.2 Å². The largest absolute Gasteiger partial charge is 0.478 e. The highest BCUT2D eigenvalue weighted by Gasteiger charge is 2.33. The average Bonchev–Trinajstić information content (AvgIpc) is 2.96. The summed E-state index contributed by atoms with van der Waals surface area (Å²) in [5.41, 5.74) is 14.2. The molecule has 0 radical (unpaired) electrons. The predicted molar refractivity (Wildman–Crippen MR) is 159 cm³/mol. The Morgan fingerprint density at radius 1 is 0.810 bits per heavy atom. The topological polar surface area (TPSA) is 201 Å². The number of aliphatic carboxylic acids is 1. The Bertz CT molecular complexity index is 1900. The zero-order valence-corrected chi connectivity index (χ0v) is 22.3.